The van der Waals surface area contributed by atoms with Crippen molar-refractivity contribution in [2.75, 3.05) is 0 Å². The van der Waals surface area contributed by atoms with Crippen molar-refractivity contribution < 1.29 is 13.6 Å². The summed E-state index contributed by atoms with van der Waals surface area (Å²) in [6, 6.07) is -0.940. The zero-order chi connectivity index (χ0) is 8.36. The van der Waals surface area contributed by atoms with Crippen LogP contribution in [0.1, 0.15) is 13.8 Å². The number of nitrogens with one attached hydrogen (secondary N) is 1. The largest absolute Gasteiger partial charge is 0.352 e. The highest BCUT2D eigenvalue weighted by atomic mass is 19.3. The molecule has 60 valence electrons. The lowest BCUT2D eigenvalue weighted by molar-refractivity contribution is 0.0576. The van der Waals surface area contributed by atoms with Gasteiger partial charge in [0.05, 0.1) is 5.54 Å². The lowest BCUT2D eigenvalue weighted by atomic mass is 10.1. The van der Waals surface area contributed by atoms with Crippen molar-refractivity contribution in [2.24, 2.45) is 5.73 Å². The monoisotopic (exact) mass is 152 g/mol. The van der Waals surface area contributed by atoms with E-state index in [-0.39, 0.29) is 0 Å². The molecule has 0 aliphatic heterocycles. The van der Waals surface area contributed by atoms with Gasteiger partial charge in [0.15, 0.2) is 0 Å². The van der Waals surface area contributed by atoms with Gasteiger partial charge in [-0.25, -0.2) is 13.6 Å². The number of hydrogen-bond donors (Lipinski definition) is 2. The van der Waals surface area contributed by atoms with Gasteiger partial charge in [0.1, 0.15) is 0 Å². The van der Waals surface area contributed by atoms with E-state index in [2.05, 4.69) is 5.73 Å². The van der Waals surface area contributed by atoms with Gasteiger partial charge in [0.25, 0.3) is 6.43 Å². The summed E-state index contributed by atoms with van der Waals surface area (Å²) in [5.41, 5.74) is 3.10. The molecule has 0 bridgehead atoms. The molecule has 2 amide bonds. The summed E-state index contributed by atoms with van der Waals surface area (Å²) in [7, 11) is 0. The van der Waals surface area contributed by atoms with Crippen LogP contribution in [-0.2, 0) is 0 Å². The van der Waals surface area contributed by atoms with E-state index in [1.165, 1.54) is 13.8 Å². The van der Waals surface area contributed by atoms with Crippen molar-refractivity contribution >= 4 is 6.03 Å². The first kappa shape index (κ1) is 9.13. The molecule has 0 heterocycles. The second-order valence-corrected chi connectivity index (χ2v) is 2.51. The molecule has 0 radical (unpaired) electrons. The maximum Gasteiger partial charge on any atom is 0.312 e. The molecule has 0 saturated carbocycles. The number of amides is 2. The van der Waals surface area contributed by atoms with E-state index < -0.39 is 18.0 Å². The predicted molar refractivity (Wildman–Crippen MR) is 32.8 cm³/mol. The van der Waals surface area contributed by atoms with Gasteiger partial charge in [-0.3, -0.25) is 0 Å². The maximum absolute atomic E-state index is 11.9. The summed E-state index contributed by atoms with van der Waals surface area (Å²) in [5, 5.41) is 1.91. The Labute approximate surface area is 57.6 Å². The van der Waals surface area contributed by atoms with E-state index in [1.54, 1.807) is 0 Å². The molecule has 0 aliphatic carbocycles. The molecule has 5 heteroatoms. The molecule has 0 aliphatic rings. The fraction of sp³-hybridized carbons (Fsp3) is 0.800. The van der Waals surface area contributed by atoms with Crippen LogP contribution < -0.4 is 11.1 Å². The third-order valence-corrected chi connectivity index (χ3v) is 0.991. The number of hydrogen-bond acceptors (Lipinski definition) is 1. The number of carbonyl (C=O) groups excluding carboxylic acids is 1. The Morgan fingerprint density at radius 1 is 1.60 bits per heavy atom. The number of rotatable bonds is 2. The zero-order valence-corrected chi connectivity index (χ0v) is 5.82. The molecule has 0 aromatic heterocycles. The maximum atomic E-state index is 11.9. The zero-order valence-electron chi connectivity index (χ0n) is 5.82. The van der Waals surface area contributed by atoms with Crippen LogP contribution in [0.4, 0.5) is 13.6 Å². The number of nitrogens with two attached hydrogens (primary N) is 1. The standard InChI is InChI=1S/C5H10F2N2O/c1-5(2,3(6)7)9-4(8)10/h3H,1-2H3,(H3,8,9,10). The highest BCUT2D eigenvalue weighted by molar-refractivity contribution is 5.72. The summed E-state index contributed by atoms with van der Waals surface area (Å²) in [4.78, 5) is 10.1. The molecule has 0 fully saturated rings. The first-order chi connectivity index (χ1) is 4.36. The fourth-order valence-corrected chi connectivity index (χ4v) is 0.372. The Balaban J connectivity index is 3.99. The van der Waals surface area contributed by atoms with Crippen molar-refractivity contribution in [3.05, 3.63) is 0 Å². The topological polar surface area (TPSA) is 55.1 Å². The van der Waals surface area contributed by atoms with Crippen LogP contribution in [0.3, 0.4) is 0 Å². The van der Waals surface area contributed by atoms with Crippen LogP contribution >= 0.6 is 0 Å². The lowest BCUT2D eigenvalue weighted by Gasteiger charge is -2.23. The van der Waals surface area contributed by atoms with Gasteiger partial charge in [-0.1, -0.05) is 0 Å². The predicted octanol–water partition coefficient (Wildman–Crippen LogP) is 0.698. The number of urea groups is 1. The first-order valence-electron chi connectivity index (χ1n) is 2.72. The van der Waals surface area contributed by atoms with Gasteiger partial charge in [-0.2, -0.15) is 0 Å². The summed E-state index contributed by atoms with van der Waals surface area (Å²) in [6.45, 7) is 2.39. The van der Waals surface area contributed by atoms with E-state index in [9.17, 15) is 13.6 Å². The smallest absolute Gasteiger partial charge is 0.312 e. The highest BCUT2D eigenvalue weighted by Gasteiger charge is 2.30. The number of primary amides is 1. The number of halogens is 2. The van der Waals surface area contributed by atoms with Gasteiger partial charge < -0.3 is 11.1 Å². The van der Waals surface area contributed by atoms with E-state index >= 15 is 0 Å². The van der Waals surface area contributed by atoms with Gasteiger partial charge >= 0.3 is 6.03 Å². The van der Waals surface area contributed by atoms with Crippen molar-refractivity contribution in [3.63, 3.8) is 0 Å². The third kappa shape index (κ3) is 2.61. The third-order valence-electron chi connectivity index (χ3n) is 0.991. The SMILES string of the molecule is CC(C)(NC(N)=O)C(F)F. The lowest BCUT2D eigenvalue weighted by Crippen LogP contribution is -2.51. The van der Waals surface area contributed by atoms with E-state index in [0.29, 0.717) is 0 Å². The summed E-state index contributed by atoms with van der Waals surface area (Å²) >= 11 is 0. The average molecular weight is 152 g/mol. The molecular weight excluding hydrogens is 142 g/mol. The second kappa shape index (κ2) is 2.81. The molecule has 0 aromatic rings. The van der Waals surface area contributed by atoms with E-state index in [1.807, 2.05) is 5.32 Å². The second-order valence-electron chi connectivity index (χ2n) is 2.51. The minimum Gasteiger partial charge on any atom is -0.352 e. The van der Waals surface area contributed by atoms with Crippen LogP contribution in [0.5, 0.6) is 0 Å². The quantitative estimate of drug-likeness (QED) is 0.601. The average Bonchev–Trinajstić information content (AvgIpc) is 1.60. The minimum absolute atomic E-state index is 0.940. The molecule has 0 unspecified atom stereocenters. The highest BCUT2D eigenvalue weighted by Crippen LogP contribution is 2.12. The van der Waals surface area contributed by atoms with Crippen molar-refractivity contribution in [2.45, 2.75) is 25.8 Å². The van der Waals surface area contributed by atoms with Gasteiger partial charge in [0, 0.05) is 0 Å². The van der Waals surface area contributed by atoms with Crippen molar-refractivity contribution in [1.29, 1.82) is 0 Å². The van der Waals surface area contributed by atoms with Crippen LogP contribution in [0.2, 0.25) is 0 Å². The molecular formula is C5H10F2N2O. The summed E-state index contributed by atoms with van der Waals surface area (Å²) in [5.74, 6) is 0. The van der Waals surface area contributed by atoms with Crippen LogP contribution in [0.25, 0.3) is 0 Å². The first-order valence-corrected chi connectivity index (χ1v) is 2.72. The molecule has 0 aromatic carbocycles. The van der Waals surface area contributed by atoms with Gasteiger partial charge in [-0.05, 0) is 13.8 Å². The number of carbonyl (C=O) groups is 1. The van der Waals surface area contributed by atoms with Crippen LogP contribution in [-0.4, -0.2) is 18.0 Å². The molecule has 3 nitrogen and oxygen atoms in total. The normalized spacial score (nSPS) is 11.7. The molecule has 0 saturated heterocycles. The Kier molecular flexibility index (Phi) is 2.56. The van der Waals surface area contributed by atoms with Crippen LogP contribution in [0.15, 0.2) is 0 Å². The van der Waals surface area contributed by atoms with E-state index in [0.717, 1.165) is 0 Å². The number of alkyl halides is 2. The van der Waals surface area contributed by atoms with Crippen LogP contribution in [0, 0.1) is 0 Å². The molecule has 0 spiro atoms. The Morgan fingerprint density at radius 2 is 2.00 bits per heavy atom. The fourth-order valence-electron chi connectivity index (χ4n) is 0.372. The molecule has 0 rings (SSSR count). The van der Waals surface area contributed by atoms with Gasteiger partial charge in [-0.15, -0.1) is 0 Å². The van der Waals surface area contributed by atoms with E-state index in [4.69, 9.17) is 0 Å². The van der Waals surface area contributed by atoms with Crippen molar-refractivity contribution in [3.8, 4) is 0 Å². The molecule has 0 atom stereocenters. The Morgan fingerprint density at radius 3 is 2.10 bits per heavy atom. The molecule has 3 N–H and O–H groups in total. The molecule has 10 heavy (non-hydrogen) atoms. The Hall–Kier alpha value is -0.870. The summed E-state index contributed by atoms with van der Waals surface area (Å²) in [6.07, 6.45) is -2.61. The summed E-state index contributed by atoms with van der Waals surface area (Å²) < 4.78 is 23.8. The van der Waals surface area contributed by atoms with Gasteiger partial charge in [0.2, 0.25) is 0 Å². The van der Waals surface area contributed by atoms with Crippen molar-refractivity contribution in [1.82, 2.24) is 5.32 Å². The Bertz CT molecular complexity index is 136. The minimum atomic E-state index is -2.61.